The van der Waals surface area contributed by atoms with Crippen LogP contribution in [0.5, 0.6) is 5.75 Å². The third-order valence-electron chi connectivity index (χ3n) is 3.40. The lowest BCUT2D eigenvalue weighted by Gasteiger charge is -2.28. The second-order valence-electron chi connectivity index (χ2n) is 4.56. The molecule has 1 heterocycles. The molecule has 0 aromatic heterocycles. The van der Waals surface area contributed by atoms with Crippen LogP contribution in [-0.2, 0) is 6.54 Å². The van der Waals surface area contributed by atoms with Crippen LogP contribution in [0.2, 0.25) is 0 Å². The predicted molar refractivity (Wildman–Crippen MR) is 78.1 cm³/mol. The topological polar surface area (TPSA) is 24.8 Å². The zero-order valence-electron chi connectivity index (χ0n) is 11.1. The minimum atomic E-state index is 0.729. The summed E-state index contributed by atoms with van der Waals surface area (Å²) in [6.45, 7) is 0.729. The summed E-state index contributed by atoms with van der Waals surface area (Å²) in [5, 5.41) is 0. The van der Waals surface area contributed by atoms with Crippen molar-refractivity contribution in [3.63, 3.8) is 0 Å². The molecular formula is C16H16N2O. The van der Waals surface area contributed by atoms with Gasteiger partial charge in [0.2, 0.25) is 0 Å². The number of hydrogen-bond donors (Lipinski definition) is 0. The van der Waals surface area contributed by atoms with Gasteiger partial charge in [-0.15, -0.1) is 0 Å². The highest BCUT2D eigenvalue weighted by molar-refractivity contribution is 6.11. The van der Waals surface area contributed by atoms with Crippen molar-refractivity contribution in [2.45, 2.75) is 6.54 Å². The fourth-order valence-electron chi connectivity index (χ4n) is 2.40. The van der Waals surface area contributed by atoms with Crippen molar-refractivity contribution in [1.82, 2.24) is 0 Å². The van der Waals surface area contributed by atoms with Crippen LogP contribution in [0.4, 0.5) is 5.69 Å². The number of benzene rings is 2. The highest BCUT2D eigenvalue weighted by Gasteiger charge is 2.18. The number of fused-ring (bicyclic) bond motifs is 1. The molecule has 0 fully saturated rings. The van der Waals surface area contributed by atoms with E-state index >= 15 is 0 Å². The smallest absolute Gasteiger partial charge is 0.135 e. The normalized spacial score (nSPS) is 13.8. The molecule has 0 radical (unpaired) electrons. The maximum absolute atomic E-state index is 5.28. The largest absolute Gasteiger partial charge is 0.497 e. The van der Waals surface area contributed by atoms with E-state index in [1.165, 1.54) is 11.3 Å². The minimum absolute atomic E-state index is 0.729. The summed E-state index contributed by atoms with van der Waals surface area (Å²) in [6, 6.07) is 16.4. The van der Waals surface area contributed by atoms with E-state index in [0.717, 1.165) is 23.7 Å². The van der Waals surface area contributed by atoms with E-state index in [1.807, 2.05) is 18.2 Å². The molecule has 0 saturated carbocycles. The first-order chi connectivity index (χ1) is 9.29. The molecule has 0 N–H and O–H groups in total. The van der Waals surface area contributed by atoms with Gasteiger partial charge in [-0.3, -0.25) is 4.99 Å². The number of nitrogens with zero attached hydrogens (tertiary/aromatic N) is 2. The van der Waals surface area contributed by atoms with Gasteiger partial charge < -0.3 is 9.64 Å². The van der Waals surface area contributed by atoms with Crippen LogP contribution in [0, 0.1) is 0 Å². The first-order valence-corrected chi connectivity index (χ1v) is 6.30. The number of anilines is 1. The molecule has 1 aliphatic rings. The van der Waals surface area contributed by atoms with Crippen LogP contribution in [0.3, 0.4) is 0 Å². The first kappa shape index (κ1) is 11.8. The van der Waals surface area contributed by atoms with Crippen LogP contribution in [0.1, 0.15) is 11.1 Å². The van der Waals surface area contributed by atoms with Gasteiger partial charge in [0.1, 0.15) is 11.6 Å². The average molecular weight is 252 g/mol. The van der Waals surface area contributed by atoms with E-state index in [0.29, 0.717) is 0 Å². The number of rotatable bonds is 2. The Bertz CT molecular complexity index is 634. The molecule has 0 spiro atoms. The summed E-state index contributed by atoms with van der Waals surface area (Å²) in [5.74, 6) is 1.84. The average Bonchev–Trinajstić information content (AvgIpc) is 2.48. The molecule has 0 aliphatic carbocycles. The van der Waals surface area contributed by atoms with E-state index < -0.39 is 0 Å². The van der Waals surface area contributed by atoms with E-state index in [4.69, 9.17) is 4.74 Å². The molecule has 0 saturated heterocycles. The molecule has 1 aliphatic heterocycles. The zero-order chi connectivity index (χ0) is 13.2. The van der Waals surface area contributed by atoms with E-state index in [-0.39, 0.29) is 0 Å². The Morgan fingerprint density at radius 1 is 1.11 bits per heavy atom. The molecule has 2 aromatic rings. The van der Waals surface area contributed by atoms with Gasteiger partial charge in [-0.2, -0.15) is 0 Å². The van der Waals surface area contributed by atoms with Gasteiger partial charge in [0.25, 0.3) is 0 Å². The zero-order valence-corrected chi connectivity index (χ0v) is 11.1. The van der Waals surface area contributed by atoms with E-state index in [9.17, 15) is 0 Å². The number of ether oxygens (including phenoxy) is 1. The summed E-state index contributed by atoms with van der Waals surface area (Å²) >= 11 is 0. The summed E-state index contributed by atoms with van der Waals surface area (Å²) in [4.78, 5) is 6.82. The Labute approximate surface area is 113 Å². The van der Waals surface area contributed by atoms with Crippen molar-refractivity contribution in [2.75, 3.05) is 19.1 Å². The third kappa shape index (κ3) is 2.08. The van der Waals surface area contributed by atoms with Crippen molar-refractivity contribution in [1.29, 1.82) is 0 Å². The summed E-state index contributed by atoms with van der Waals surface area (Å²) in [6.07, 6.45) is 0. The highest BCUT2D eigenvalue weighted by atomic mass is 16.5. The molecule has 0 atom stereocenters. The molecular weight excluding hydrogens is 236 g/mol. The monoisotopic (exact) mass is 252 g/mol. The van der Waals surface area contributed by atoms with Crippen LogP contribution < -0.4 is 9.64 Å². The lowest BCUT2D eigenvalue weighted by molar-refractivity contribution is 0.414. The first-order valence-electron chi connectivity index (χ1n) is 6.30. The van der Waals surface area contributed by atoms with Gasteiger partial charge in [0.15, 0.2) is 0 Å². The van der Waals surface area contributed by atoms with Crippen molar-refractivity contribution in [2.24, 2.45) is 4.99 Å². The summed E-state index contributed by atoms with van der Waals surface area (Å²) in [7, 11) is 3.73. The van der Waals surface area contributed by atoms with Gasteiger partial charge in [0, 0.05) is 18.3 Å². The van der Waals surface area contributed by atoms with Crippen molar-refractivity contribution in [3.8, 4) is 5.75 Å². The van der Waals surface area contributed by atoms with Gasteiger partial charge in [-0.05, 0) is 23.8 Å². The lowest BCUT2D eigenvalue weighted by atomic mass is 10.1. The van der Waals surface area contributed by atoms with Gasteiger partial charge in [-0.25, -0.2) is 0 Å². The standard InChI is InChI=1S/C16H16N2O/c1-18-15-9-4-3-6-13(15)11-17-16(18)12-7-5-8-14(10-12)19-2/h3-10H,11H2,1-2H3. The molecule has 3 heteroatoms. The maximum Gasteiger partial charge on any atom is 0.135 e. The molecule has 3 rings (SSSR count). The Kier molecular flexibility index (Phi) is 2.95. The molecule has 96 valence electrons. The van der Waals surface area contributed by atoms with E-state index in [2.05, 4.69) is 47.3 Å². The molecule has 0 bridgehead atoms. The van der Waals surface area contributed by atoms with E-state index in [1.54, 1.807) is 7.11 Å². The number of aliphatic imine (C=N–C) groups is 1. The molecule has 19 heavy (non-hydrogen) atoms. The predicted octanol–water partition coefficient (Wildman–Crippen LogP) is 3.09. The lowest BCUT2D eigenvalue weighted by Crippen LogP contribution is -2.31. The van der Waals surface area contributed by atoms with Crippen LogP contribution in [0.15, 0.2) is 53.5 Å². The fourth-order valence-corrected chi connectivity index (χ4v) is 2.40. The summed E-state index contributed by atoms with van der Waals surface area (Å²) in [5.41, 5.74) is 3.56. The SMILES string of the molecule is COc1cccc(C2=NCc3ccccc3N2C)c1. The number of hydrogen-bond acceptors (Lipinski definition) is 3. The van der Waals surface area contributed by atoms with Crippen LogP contribution in [0.25, 0.3) is 0 Å². The molecule has 3 nitrogen and oxygen atoms in total. The summed E-state index contributed by atoms with van der Waals surface area (Å²) < 4.78 is 5.28. The van der Waals surface area contributed by atoms with Gasteiger partial charge in [-0.1, -0.05) is 30.3 Å². The number of methoxy groups -OCH3 is 1. The van der Waals surface area contributed by atoms with Crippen molar-refractivity contribution in [3.05, 3.63) is 59.7 Å². The quantitative estimate of drug-likeness (QED) is 0.820. The van der Waals surface area contributed by atoms with Crippen molar-refractivity contribution < 1.29 is 4.74 Å². The van der Waals surface area contributed by atoms with Crippen molar-refractivity contribution >= 4 is 11.5 Å². The second-order valence-corrected chi connectivity index (χ2v) is 4.56. The third-order valence-corrected chi connectivity index (χ3v) is 3.40. The molecule has 2 aromatic carbocycles. The Morgan fingerprint density at radius 3 is 2.79 bits per heavy atom. The Balaban J connectivity index is 2.01. The highest BCUT2D eigenvalue weighted by Crippen LogP contribution is 2.27. The maximum atomic E-state index is 5.28. The number of amidine groups is 1. The minimum Gasteiger partial charge on any atom is -0.497 e. The molecule has 0 amide bonds. The Morgan fingerprint density at radius 2 is 1.95 bits per heavy atom. The second kappa shape index (κ2) is 4.76. The number of para-hydroxylation sites is 1. The Hall–Kier alpha value is -2.29. The fraction of sp³-hybridized carbons (Fsp3) is 0.188. The van der Waals surface area contributed by atoms with Gasteiger partial charge in [0.05, 0.1) is 13.7 Å². The van der Waals surface area contributed by atoms with Crippen LogP contribution in [-0.4, -0.2) is 20.0 Å². The van der Waals surface area contributed by atoms with Gasteiger partial charge >= 0.3 is 0 Å². The molecule has 0 unspecified atom stereocenters. The van der Waals surface area contributed by atoms with Crippen LogP contribution >= 0.6 is 0 Å².